The molecule has 0 radical (unpaired) electrons. The first-order valence-electron chi connectivity index (χ1n) is 7.36. The van der Waals surface area contributed by atoms with Crippen molar-refractivity contribution in [3.8, 4) is 0 Å². The Morgan fingerprint density at radius 3 is 2.55 bits per heavy atom. The molecular weight excluding hydrogens is 252 g/mol. The van der Waals surface area contributed by atoms with Gasteiger partial charge in [0.25, 0.3) is 5.91 Å². The van der Waals surface area contributed by atoms with Crippen molar-refractivity contribution >= 4 is 17.5 Å². The Morgan fingerprint density at radius 2 is 2.00 bits per heavy atom. The minimum Gasteiger partial charge on any atom is -0.349 e. The number of rotatable bonds is 4. The van der Waals surface area contributed by atoms with Gasteiger partial charge in [-0.25, -0.2) is 0 Å². The Bertz CT molecular complexity index is 520. The molecule has 1 saturated carbocycles. The molecule has 0 bridgehead atoms. The Labute approximate surface area is 119 Å². The van der Waals surface area contributed by atoms with E-state index in [1.54, 1.807) is 17.0 Å². The highest BCUT2D eigenvalue weighted by atomic mass is 16.2. The first-order valence-corrected chi connectivity index (χ1v) is 7.36. The smallest absolute Gasteiger partial charge is 0.251 e. The molecule has 106 valence electrons. The van der Waals surface area contributed by atoms with E-state index in [0.717, 1.165) is 18.7 Å². The molecule has 1 aliphatic heterocycles. The van der Waals surface area contributed by atoms with Crippen molar-refractivity contribution < 1.29 is 9.59 Å². The summed E-state index contributed by atoms with van der Waals surface area (Å²) >= 11 is 0. The van der Waals surface area contributed by atoms with Gasteiger partial charge in [0.1, 0.15) is 0 Å². The lowest BCUT2D eigenvalue weighted by atomic mass is 10.1. The predicted octanol–water partition coefficient (Wildman–Crippen LogP) is 2.34. The van der Waals surface area contributed by atoms with Gasteiger partial charge in [-0.05, 0) is 56.4 Å². The minimum absolute atomic E-state index is 0.0244. The molecule has 0 spiro atoms. The van der Waals surface area contributed by atoms with E-state index < -0.39 is 0 Å². The van der Waals surface area contributed by atoms with Gasteiger partial charge in [-0.15, -0.1) is 0 Å². The Kier molecular flexibility index (Phi) is 3.47. The molecule has 1 aromatic rings. The third-order valence-corrected chi connectivity index (χ3v) is 4.20. The SMILES string of the molecule is CC(NC(=O)c1ccc(N2CCCC2=O)cc1)C1CC1. The van der Waals surface area contributed by atoms with Crippen molar-refractivity contribution in [2.75, 3.05) is 11.4 Å². The molecule has 1 N–H and O–H groups in total. The number of carbonyl (C=O) groups excluding carboxylic acids is 2. The maximum Gasteiger partial charge on any atom is 0.251 e. The normalized spacial score (nSPS) is 20.1. The van der Waals surface area contributed by atoms with Gasteiger partial charge >= 0.3 is 0 Å². The van der Waals surface area contributed by atoms with Crippen LogP contribution in [-0.4, -0.2) is 24.4 Å². The molecular formula is C16H20N2O2. The van der Waals surface area contributed by atoms with E-state index in [1.165, 1.54) is 12.8 Å². The van der Waals surface area contributed by atoms with Gasteiger partial charge in [-0.2, -0.15) is 0 Å². The third kappa shape index (κ3) is 2.69. The molecule has 1 aliphatic carbocycles. The number of nitrogens with zero attached hydrogens (tertiary/aromatic N) is 1. The van der Waals surface area contributed by atoms with Crippen LogP contribution in [0.25, 0.3) is 0 Å². The quantitative estimate of drug-likeness (QED) is 0.914. The van der Waals surface area contributed by atoms with Gasteiger partial charge < -0.3 is 10.2 Å². The fourth-order valence-electron chi connectivity index (χ4n) is 2.72. The van der Waals surface area contributed by atoms with Gasteiger partial charge in [-0.1, -0.05) is 0 Å². The zero-order chi connectivity index (χ0) is 14.1. The van der Waals surface area contributed by atoms with Crippen LogP contribution in [0.1, 0.15) is 43.0 Å². The summed E-state index contributed by atoms with van der Waals surface area (Å²) < 4.78 is 0. The van der Waals surface area contributed by atoms with Crippen LogP contribution in [0.4, 0.5) is 5.69 Å². The molecule has 4 heteroatoms. The molecule has 3 rings (SSSR count). The molecule has 1 atom stereocenters. The van der Waals surface area contributed by atoms with Crippen molar-refractivity contribution in [2.45, 2.75) is 38.6 Å². The minimum atomic E-state index is -0.0244. The average Bonchev–Trinajstić information content (AvgIpc) is 3.21. The molecule has 4 nitrogen and oxygen atoms in total. The maximum absolute atomic E-state index is 12.1. The first kappa shape index (κ1) is 13.2. The summed E-state index contributed by atoms with van der Waals surface area (Å²) in [4.78, 5) is 25.5. The number of benzene rings is 1. The zero-order valence-corrected chi connectivity index (χ0v) is 11.8. The van der Waals surface area contributed by atoms with Gasteiger partial charge in [0.2, 0.25) is 5.91 Å². The van der Waals surface area contributed by atoms with E-state index in [1.807, 2.05) is 12.1 Å². The lowest BCUT2D eigenvalue weighted by Gasteiger charge is -2.16. The molecule has 1 saturated heterocycles. The van der Waals surface area contributed by atoms with Gasteiger partial charge in [0.05, 0.1) is 0 Å². The lowest BCUT2D eigenvalue weighted by Crippen LogP contribution is -2.34. The summed E-state index contributed by atoms with van der Waals surface area (Å²) in [6.45, 7) is 2.84. The highest BCUT2D eigenvalue weighted by Gasteiger charge is 2.29. The average molecular weight is 272 g/mol. The Hall–Kier alpha value is -1.84. The summed E-state index contributed by atoms with van der Waals surface area (Å²) in [7, 11) is 0. The molecule has 1 aromatic carbocycles. The molecule has 1 unspecified atom stereocenters. The van der Waals surface area contributed by atoms with Crippen LogP contribution in [-0.2, 0) is 4.79 Å². The van der Waals surface area contributed by atoms with E-state index in [-0.39, 0.29) is 17.9 Å². The van der Waals surface area contributed by atoms with Gasteiger partial charge in [-0.3, -0.25) is 9.59 Å². The first-order chi connectivity index (χ1) is 9.65. The van der Waals surface area contributed by atoms with Crippen molar-refractivity contribution in [1.82, 2.24) is 5.32 Å². The topological polar surface area (TPSA) is 49.4 Å². The van der Waals surface area contributed by atoms with Crippen LogP contribution >= 0.6 is 0 Å². The third-order valence-electron chi connectivity index (χ3n) is 4.20. The molecule has 20 heavy (non-hydrogen) atoms. The number of hydrogen-bond donors (Lipinski definition) is 1. The summed E-state index contributed by atoms with van der Waals surface area (Å²) in [6, 6.07) is 7.58. The van der Waals surface area contributed by atoms with E-state index >= 15 is 0 Å². The second-order valence-corrected chi connectivity index (χ2v) is 5.80. The standard InChI is InChI=1S/C16H20N2O2/c1-11(12-4-5-12)17-16(20)13-6-8-14(9-7-13)18-10-2-3-15(18)19/h6-9,11-12H,2-5,10H2,1H3,(H,17,20). The second kappa shape index (κ2) is 5.27. The summed E-state index contributed by atoms with van der Waals surface area (Å²) in [5, 5.41) is 3.04. The van der Waals surface area contributed by atoms with Crippen LogP contribution in [0.5, 0.6) is 0 Å². The van der Waals surface area contributed by atoms with Crippen molar-refractivity contribution in [3.05, 3.63) is 29.8 Å². The van der Waals surface area contributed by atoms with Crippen molar-refractivity contribution in [3.63, 3.8) is 0 Å². The van der Waals surface area contributed by atoms with Crippen LogP contribution in [0.15, 0.2) is 24.3 Å². The summed E-state index contributed by atoms with van der Waals surface area (Å²) in [6.07, 6.45) is 3.98. The molecule has 0 aromatic heterocycles. The highest BCUT2D eigenvalue weighted by molar-refractivity contribution is 5.97. The van der Waals surface area contributed by atoms with E-state index in [4.69, 9.17) is 0 Å². The summed E-state index contributed by atoms with van der Waals surface area (Å²) in [5.74, 6) is 0.800. The van der Waals surface area contributed by atoms with Gasteiger partial charge in [0.15, 0.2) is 0 Å². The monoisotopic (exact) mass is 272 g/mol. The second-order valence-electron chi connectivity index (χ2n) is 5.80. The fraction of sp³-hybridized carbons (Fsp3) is 0.500. The van der Waals surface area contributed by atoms with E-state index in [0.29, 0.717) is 17.9 Å². The van der Waals surface area contributed by atoms with Crippen LogP contribution in [0.2, 0.25) is 0 Å². The zero-order valence-electron chi connectivity index (χ0n) is 11.8. The Balaban J connectivity index is 1.65. The molecule has 2 fully saturated rings. The maximum atomic E-state index is 12.1. The molecule has 1 heterocycles. The summed E-state index contributed by atoms with van der Waals surface area (Å²) in [5.41, 5.74) is 1.55. The van der Waals surface area contributed by atoms with E-state index in [2.05, 4.69) is 12.2 Å². The number of carbonyl (C=O) groups is 2. The molecule has 2 amide bonds. The molecule has 2 aliphatic rings. The number of amides is 2. The van der Waals surface area contributed by atoms with Crippen molar-refractivity contribution in [1.29, 1.82) is 0 Å². The number of anilines is 1. The number of hydrogen-bond acceptors (Lipinski definition) is 2. The largest absolute Gasteiger partial charge is 0.349 e. The van der Waals surface area contributed by atoms with Crippen LogP contribution < -0.4 is 10.2 Å². The predicted molar refractivity (Wildman–Crippen MR) is 77.7 cm³/mol. The Morgan fingerprint density at radius 1 is 1.30 bits per heavy atom. The highest BCUT2D eigenvalue weighted by Crippen LogP contribution is 2.32. The van der Waals surface area contributed by atoms with Crippen molar-refractivity contribution in [2.24, 2.45) is 5.92 Å². The number of nitrogens with one attached hydrogen (secondary N) is 1. The lowest BCUT2D eigenvalue weighted by molar-refractivity contribution is -0.117. The van der Waals surface area contributed by atoms with E-state index in [9.17, 15) is 9.59 Å². The van der Waals surface area contributed by atoms with Gasteiger partial charge in [0, 0.05) is 30.3 Å². The van der Waals surface area contributed by atoms with Crippen LogP contribution in [0.3, 0.4) is 0 Å². The fourth-order valence-corrected chi connectivity index (χ4v) is 2.72. The van der Waals surface area contributed by atoms with Crippen LogP contribution in [0, 0.1) is 5.92 Å².